The third kappa shape index (κ3) is 2.65. The topological polar surface area (TPSA) is 55.2 Å². The van der Waals surface area contributed by atoms with E-state index in [0.29, 0.717) is 6.61 Å². The van der Waals surface area contributed by atoms with Crippen LogP contribution in [0.5, 0.6) is 5.75 Å². The molecule has 0 amide bonds. The van der Waals surface area contributed by atoms with Crippen LogP contribution in [0.1, 0.15) is 17.0 Å². The highest BCUT2D eigenvalue weighted by atomic mass is 16.5. The summed E-state index contributed by atoms with van der Waals surface area (Å²) < 4.78 is 7.73. The van der Waals surface area contributed by atoms with Crippen molar-refractivity contribution in [2.75, 3.05) is 0 Å². The number of hydrogen-bond acceptors (Lipinski definition) is 3. The predicted octanol–water partition coefficient (Wildman–Crippen LogP) is 3.92. The van der Waals surface area contributed by atoms with Crippen LogP contribution in [0.4, 0.5) is 0 Å². The van der Waals surface area contributed by atoms with E-state index in [0.717, 1.165) is 34.0 Å². The van der Waals surface area contributed by atoms with Gasteiger partial charge in [0.05, 0.1) is 5.69 Å². The van der Waals surface area contributed by atoms with Crippen molar-refractivity contribution in [3.63, 3.8) is 0 Å². The largest absolute Gasteiger partial charge is 0.489 e. The molecule has 24 heavy (non-hydrogen) atoms. The van der Waals surface area contributed by atoms with E-state index >= 15 is 0 Å². The molecule has 0 atom stereocenters. The van der Waals surface area contributed by atoms with Crippen LogP contribution in [0.3, 0.4) is 0 Å². The molecule has 0 saturated heterocycles. The van der Waals surface area contributed by atoms with Crippen molar-refractivity contribution in [2.45, 2.75) is 20.5 Å². The third-order valence-electron chi connectivity index (χ3n) is 4.10. The second-order valence-electron chi connectivity index (χ2n) is 5.86. The Bertz CT molecular complexity index is 982. The van der Waals surface area contributed by atoms with E-state index in [2.05, 4.69) is 35.0 Å². The summed E-state index contributed by atoms with van der Waals surface area (Å²) in [5.41, 5.74) is 6.42. The molecule has 4 aromatic rings. The molecule has 0 aliphatic heterocycles. The minimum atomic E-state index is 0.564. The number of hydrogen-bond donors (Lipinski definition) is 1. The monoisotopic (exact) mass is 318 g/mol. The molecule has 0 aliphatic carbocycles. The lowest BCUT2D eigenvalue weighted by Crippen LogP contribution is -1.96. The Morgan fingerprint density at radius 1 is 1.08 bits per heavy atom. The molecule has 1 N–H and O–H groups in total. The van der Waals surface area contributed by atoms with E-state index < -0.39 is 0 Å². The summed E-state index contributed by atoms with van der Waals surface area (Å²) >= 11 is 0. The van der Waals surface area contributed by atoms with Gasteiger partial charge in [-0.15, -0.1) is 0 Å². The van der Waals surface area contributed by atoms with Gasteiger partial charge in [-0.3, -0.25) is 0 Å². The molecule has 0 unspecified atom stereocenters. The van der Waals surface area contributed by atoms with E-state index in [9.17, 15) is 0 Å². The highest BCUT2D eigenvalue weighted by Gasteiger charge is 2.06. The van der Waals surface area contributed by atoms with E-state index in [1.165, 1.54) is 5.56 Å². The molecule has 0 aliphatic rings. The number of nitrogens with one attached hydrogen (secondary N) is 1. The van der Waals surface area contributed by atoms with Gasteiger partial charge in [-0.05, 0) is 56.3 Å². The quantitative estimate of drug-likeness (QED) is 0.620. The summed E-state index contributed by atoms with van der Waals surface area (Å²) in [5, 5.41) is 4.28. The number of fused-ring (bicyclic) bond motifs is 1. The van der Waals surface area contributed by atoms with Crippen molar-refractivity contribution >= 4 is 5.65 Å². The number of H-pyrrole nitrogens is 1. The summed E-state index contributed by atoms with van der Waals surface area (Å²) in [5.74, 6) is 0.850. The van der Waals surface area contributed by atoms with Crippen LogP contribution in [0.2, 0.25) is 0 Å². The zero-order valence-corrected chi connectivity index (χ0v) is 13.7. The Hall–Kier alpha value is -3.08. The van der Waals surface area contributed by atoms with Crippen LogP contribution in [0.25, 0.3) is 16.9 Å². The van der Waals surface area contributed by atoms with Gasteiger partial charge >= 0.3 is 0 Å². The van der Waals surface area contributed by atoms with E-state index in [1.54, 1.807) is 6.33 Å². The predicted molar refractivity (Wildman–Crippen MR) is 93.0 cm³/mol. The zero-order chi connectivity index (χ0) is 16.5. The average molecular weight is 318 g/mol. The van der Waals surface area contributed by atoms with Crippen molar-refractivity contribution < 1.29 is 4.74 Å². The molecule has 0 bridgehead atoms. The molecule has 5 heteroatoms. The molecular formula is C19H18N4O. The second-order valence-corrected chi connectivity index (χ2v) is 5.86. The normalized spacial score (nSPS) is 11.1. The van der Waals surface area contributed by atoms with Gasteiger partial charge in [-0.25, -0.2) is 9.50 Å². The summed E-state index contributed by atoms with van der Waals surface area (Å²) in [6.45, 7) is 4.68. The lowest BCUT2D eigenvalue weighted by molar-refractivity contribution is 0.305. The third-order valence-corrected chi connectivity index (χ3v) is 4.10. The van der Waals surface area contributed by atoms with Crippen molar-refractivity contribution in [2.24, 2.45) is 0 Å². The van der Waals surface area contributed by atoms with Crippen LogP contribution in [-0.2, 0) is 6.61 Å². The molecule has 1 aromatic carbocycles. The van der Waals surface area contributed by atoms with E-state index in [1.807, 2.05) is 47.0 Å². The number of aromatic nitrogens is 4. The maximum Gasteiger partial charge on any atom is 0.155 e. The number of aromatic amines is 1. The minimum Gasteiger partial charge on any atom is -0.489 e. The Morgan fingerprint density at radius 3 is 2.67 bits per heavy atom. The average Bonchev–Trinajstić information content (AvgIpc) is 3.19. The smallest absolute Gasteiger partial charge is 0.155 e. The van der Waals surface area contributed by atoms with Crippen molar-refractivity contribution in [3.05, 3.63) is 71.8 Å². The number of aryl methyl sites for hydroxylation is 2. The van der Waals surface area contributed by atoms with Crippen LogP contribution < -0.4 is 4.74 Å². The Balaban J connectivity index is 1.54. The molecule has 5 nitrogen and oxygen atoms in total. The number of pyridine rings is 1. The van der Waals surface area contributed by atoms with Gasteiger partial charge in [0.1, 0.15) is 18.7 Å². The van der Waals surface area contributed by atoms with Gasteiger partial charge < -0.3 is 9.72 Å². The lowest BCUT2D eigenvalue weighted by atomic mass is 10.1. The fraction of sp³-hybridized carbons (Fsp3) is 0.158. The number of benzene rings is 1. The molecule has 120 valence electrons. The highest BCUT2D eigenvalue weighted by Crippen LogP contribution is 2.23. The van der Waals surface area contributed by atoms with Gasteiger partial charge in [-0.2, -0.15) is 5.10 Å². The molecule has 4 rings (SSSR count). The summed E-state index contributed by atoms with van der Waals surface area (Å²) in [6, 6.07) is 16.1. The fourth-order valence-electron chi connectivity index (χ4n) is 2.88. The first kappa shape index (κ1) is 14.5. The number of nitrogens with zero attached hydrogens (tertiary/aromatic N) is 3. The van der Waals surface area contributed by atoms with Gasteiger partial charge in [0.2, 0.25) is 0 Å². The minimum absolute atomic E-state index is 0.564. The van der Waals surface area contributed by atoms with Gasteiger partial charge in [0.25, 0.3) is 0 Å². The molecular weight excluding hydrogens is 300 g/mol. The highest BCUT2D eigenvalue weighted by molar-refractivity contribution is 5.63. The number of ether oxygens (including phenoxy) is 1. The SMILES string of the molecule is Cc1cc(COc2ccc(-c3cccc4ncnn34)cc2)c(C)[nH]1. The molecule has 0 fully saturated rings. The molecule has 3 heterocycles. The second kappa shape index (κ2) is 5.85. The van der Waals surface area contributed by atoms with Gasteiger partial charge in [0, 0.05) is 22.5 Å². The Kier molecular flexibility index (Phi) is 3.54. The van der Waals surface area contributed by atoms with E-state index in [4.69, 9.17) is 4.74 Å². The maximum atomic E-state index is 5.89. The Labute approximate surface area is 139 Å². The van der Waals surface area contributed by atoms with Crippen molar-refractivity contribution in [1.82, 2.24) is 19.6 Å². The zero-order valence-electron chi connectivity index (χ0n) is 13.7. The summed E-state index contributed by atoms with van der Waals surface area (Å²) in [6.07, 6.45) is 1.57. The van der Waals surface area contributed by atoms with Crippen LogP contribution in [0.15, 0.2) is 54.9 Å². The first-order valence-electron chi connectivity index (χ1n) is 7.88. The van der Waals surface area contributed by atoms with Crippen molar-refractivity contribution in [3.8, 4) is 17.0 Å². The summed E-state index contributed by atoms with van der Waals surface area (Å²) in [4.78, 5) is 7.51. The first-order valence-corrected chi connectivity index (χ1v) is 7.88. The maximum absolute atomic E-state index is 5.89. The fourth-order valence-corrected chi connectivity index (χ4v) is 2.88. The van der Waals surface area contributed by atoms with E-state index in [-0.39, 0.29) is 0 Å². The molecule has 0 saturated carbocycles. The summed E-state index contributed by atoms with van der Waals surface area (Å²) in [7, 11) is 0. The number of rotatable bonds is 4. The van der Waals surface area contributed by atoms with Crippen LogP contribution >= 0.6 is 0 Å². The van der Waals surface area contributed by atoms with Crippen LogP contribution in [-0.4, -0.2) is 19.6 Å². The molecule has 0 radical (unpaired) electrons. The van der Waals surface area contributed by atoms with Crippen molar-refractivity contribution in [1.29, 1.82) is 0 Å². The lowest BCUT2D eigenvalue weighted by Gasteiger charge is -2.08. The molecule has 3 aromatic heterocycles. The first-order chi connectivity index (χ1) is 11.7. The van der Waals surface area contributed by atoms with Gasteiger partial charge in [0.15, 0.2) is 5.65 Å². The van der Waals surface area contributed by atoms with Gasteiger partial charge in [-0.1, -0.05) is 6.07 Å². The standard InChI is InChI=1S/C19H18N4O/c1-13-10-16(14(2)22-13)11-24-17-8-6-15(7-9-17)18-4-3-5-19-20-12-21-23(18)19/h3-10,12,22H,11H2,1-2H3. The van der Waals surface area contributed by atoms with Crippen LogP contribution in [0, 0.1) is 13.8 Å². The molecule has 0 spiro atoms. The Morgan fingerprint density at radius 2 is 1.92 bits per heavy atom.